The first kappa shape index (κ1) is 55.4. The highest BCUT2D eigenvalue weighted by Crippen LogP contribution is 2.18. The van der Waals surface area contributed by atoms with E-state index in [1.807, 2.05) is 0 Å². The first-order valence-corrected chi connectivity index (χ1v) is 25.8. The van der Waals surface area contributed by atoms with Crippen LogP contribution >= 0.6 is 0 Å². The van der Waals surface area contributed by atoms with Crippen molar-refractivity contribution in [1.29, 1.82) is 0 Å². The number of carbonyl (C=O) groups is 1. The number of rotatable bonds is 48. The first-order chi connectivity index (χ1) is 27.6. The highest BCUT2D eigenvalue weighted by Gasteiger charge is 2.26. The van der Waals surface area contributed by atoms with Gasteiger partial charge in [0.05, 0.1) is 18.8 Å². The molecule has 5 nitrogen and oxygen atoms in total. The van der Waals surface area contributed by atoms with Gasteiger partial charge in [-0.3, -0.25) is 4.79 Å². The Bertz CT molecular complexity index is 747. The van der Waals surface area contributed by atoms with Crippen molar-refractivity contribution in [2.24, 2.45) is 0 Å². The Kier molecular flexibility index (Phi) is 46.5. The predicted octanol–water partition coefficient (Wildman–Crippen LogP) is 15.4. The molecule has 0 aromatic heterocycles. The molecule has 0 saturated carbocycles. The fourth-order valence-electron chi connectivity index (χ4n) is 8.46. The number of hydrogen-bond donors (Lipinski definition) is 4. The van der Waals surface area contributed by atoms with Gasteiger partial charge in [-0.05, 0) is 12.8 Å². The predicted molar refractivity (Wildman–Crippen MR) is 246 cm³/mol. The van der Waals surface area contributed by atoms with Crippen LogP contribution in [-0.4, -0.2) is 46.1 Å². The maximum atomic E-state index is 12.4. The molecule has 1 amide bonds. The Hall–Kier alpha value is -0.650. The summed E-state index contributed by atoms with van der Waals surface area (Å²) in [5, 5.41) is 33.4. The molecule has 0 spiro atoms. The molecule has 0 aromatic carbocycles. The second kappa shape index (κ2) is 47.0. The smallest absolute Gasteiger partial charge is 0.220 e. The summed E-state index contributed by atoms with van der Waals surface area (Å²) in [6.45, 7) is 4.18. The monoisotopic (exact) mass is 794 g/mol. The number of carbonyl (C=O) groups excluding carboxylic acids is 1. The average molecular weight is 794 g/mol. The van der Waals surface area contributed by atoms with Crippen molar-refractivity contribution >= 4 is 5.91 Å². The summed E-state index contributed by atoms with van der Waals surface area (Å²) in [6, 6.07) is -0.802. The Morgan fingerprint density at radius 1 is 0.375 bits per heavy atom. The van der Waals surface area contributed by atoms with Crippen LogP contribution in [0, 0.1) is 0 Å². The number of nitrogens with one attached hydrogen (secondary N) is 1. The molecule has 0 fully saturated rings. The topological polar surface area (TPSA) is 89.8 Å². The number of aliphatic hydroxyl groups excluding tert-OH is 3. The van der Waals surface area contributed by atoms with E-state index in [9.17, 15) is 20.1 Å². The van der Waals surface area contributed by atoms with E-state index in [4.69, 9.17) is 0 Å². The first-order valence-electron chi connectivity index (χ1n) is 25.8. The van der Waals surface area contributed by atoms with Crippen LogP contribution in [-0.2, 0) is 4.79 Å². The average Bonchev–Trinajstić information content (AvgIpc) is 3.20. The zero-order chi connectivity index (χ0) is 40.8. The van der Waals surface area contributed by atoms with Crippen LogP contribution in [0.3, 0.4) is 0 Å². The molecule has 56 heavy (non-hydrogen) atoms. The Balaban J connectivity index is 3.39. The van der Waals surface area contributed by atoms with E-state index in [0.717, 1.165) is 38.5 Å². The quantitative estimate of drug-likeness (QED) is 0.0462. The number of hydrogen-bond acceptors (Lipinski definition) is 4. The fourth-order valence-corrected chi connectivity index (χ4v) is 8.46. The minimum absolute atomic E-state index is 0.140. The third-order valence-corrected chi connectivity index (χ3v) is 12.5. The lowest BCUT2D eigenvalue weighted by Crippen LogP contribution is -2.50. The van der Waals surface area contributed by atoms with Gasteiger partial charge in [-0.2, -0.15) is 0 Å². The molecule has 0 bridgehead atoms. The van der Waals surface area contributed by atoms with E-state index in [2.05, 4.69) is 19.2 Å². The summed E-state index contributed by atoms with van der Waals surface area (Å²) in [7, 11) is 0. The van der Waals surface area contributed by atoms with Crippen LogP contribution in [0.25, 0.3) is 0 Å². The van der Waals surface area contributed by atoms with E-state index < -0.39 is 18.2 Å². The molecule has 0 aliphatic rings. The third kappa shape index (κ3) is 41.5. The molecule has 3 atom stereocenters. The lowest BCUT2D eigenvalue weighted by molar-refractivity contribution is -0.124. The van der Waals surface area contributed by atoms with Crippen LogP contribution in [0.15, 0.2) is 0 Å². The van der Waals surface area contributed by atoms with Crippen molar-refractivity contribution < 1.29 is 20.1 Å². The van der Waals surface area contributed by atoms with Gasteiger partial charge in [0.15, 0.2) is 0 Å². The summed E-state index contributed by atoms with van der Waals surface area (Å²) >= 11 is 0. The molecular formula is C51H103NO4. The molecule has 336 valence electrons. The normalized spacial score (nSPS) is 13.3. The van der Waals surface area contributed by atoms with Crippen LogP contribution in [0.4, 0.5) is 0 Å². The van der Waals surface area contributed by atoms with Crippen molar-refractivity contribution in [3.05, 3.63) is 0 Å². The van der Waals surface area contributed by atoms with Gasteiger partial charge in [-0.1, -0.05) is 277 Å². The molecule has 0 aromatic rings. The molecule has 3 unspecified atom stereocenters. The second-order valence-corrected chi connectivity index (χ2v) is 18.1. The number of aliphatic hydroxyl groups is 3. The van der Waals surface area contributed by atoms with Crippen molar-refractivity contribution in [2.75, 3.05) is 6.61 Å². The molecule has 0 radical (unpaired) electrons. The van der Waals surface area contributed by atoms with Crippen LogP contribution in [0.1, 0.15) is 296 Å². The van der Waals surface area contributed by atoms with Gasteiger partial charge in [-0.25, -0.2) is 0 Å². The maximum Gasteiger partial charge on any atom is 0.220 e. The van der Waals surface area contributed by atoms with Gasteiger partial charge in [0.25, 0.3) is 0 Å². The van der Waals surface area contributed by atoms with Crippen LogP contribution in [0.5, 0.6) is 0 Å². The van der Waals surface area contributed by atoms with Gasteiger partial charge >= 0.3 is 0 Å². The summed E-state index contributed by atoms with van der Waals surface area (Å²) in [4.78, 5) is 12.4. The van der Waals surface area contributed by atoms with Crippen molar-refractivity contribution in [1.82, 2.24) is 5.32 Å². The van der Waals surface area contributed by atoms with Gasteiger partial charge in [0.2, 0.25) is 5.91 Å². The molecule has 0 heterocycles. The zero-order valence-corrected chi connectivity index (χ0v) is 38.3. The summed E-state index contributed by atoms with van der Waals surface area (Å²) < 4.78 is 0. The van der Waals surface area contributed by atoms with E-state index in [-0.39, 0.29) is 12.5 Å². The minimum Gasteiger partial charge on any atom is -0.394 e. The summed E-state index contributed by atoms with van der Waals surface area (Å²) in [5.74, 6) is -0.140. The van der Waals surface area contributed by atoms with E-state index >= 15 is 0 Å². The second-order valence-electron chi connectivity index (χ2n) is 18.1. The molecule has 4 N–H and O–H groups in total. The molecular weight excluding hydrogens is 691 g/mol. The summed E-state index contributed by atoms with van der Waals surface area (Å²) in [6.07, 6.45) is 55.6. The standard InChI is InChI=1S/C51H103NO4/c1-3-5-7-9-11-13-14-15-16-17-18-19-20-21-22-23-24-25-26-27-28-29-30-31-32-33-34-35-36-38-40-42-44-46-50(55)52-48(47-53)51(56)49(54)45-43-41-39-37-12-10-8-6-4-2/h48-49,51,53-54,56H,3-47H2,1-2H3,(H,52,55). The Morgan fingerprint density at radius 3 is 0.857 bits per heavy atom. The van der Waals surface area contributed by atoms with Gasteiger partial charge < -0.3 is 20.6 Å². The summed E-state index contributed by atoms with van der Waals surface area (Å²) in [5.41, 5.74) is 0. The number of amides is 1. The van der Waals surface area contributed by atoms with Crippen LogP contribution in [0.2, 0.25) is 0 Å². The molecule has 0 aliphatic carbocycles. The van der Waals surface area contributed by atoms with Gasteiger partial charge in [0.1, 0.15) is 6.10 Å². The van der Waals surface area contributed by atoms with Crippen molar-refractivity contribution in [2.45, 2.75) is 315 Å². The Labute approximate surface area is 351 Å². The molecule has 0 saturated heterocycles. The van der Waals surface area contributed by atoms with Crippen molar-refractivity contribution in [3.63, 3.8) is 0 Å². The number of unbranched alkanes of at least 4 members (excludes halogenated alkanes) is 40. The highest BCUT2D eigenvalue weighted by molar-refractivity contribution is 5.76. The van der Waals surface area contributed by atoms with E-state index in [0.29, 0.717) is 12.8 Å². The SMILES string of the molecule is CCCCCCCCCCCCCCCCCCCCCCCCCCCCCCCCCCCC(=O)NC(CO)C(O)C(O)CCCCCCCCCCC. The highest BCUT2D eigenvalue weighted by atomic mass is 16.3. The minimum atomic E-state index is -1.13. The molecule has 5 heteroatoms. The van der Waals surface area contributed by atoms with Gasteiger partial charge in [-0.15, -0.1) is 0 Å². The molecule has 0 rings (SSSR count). The molecule has 0 aliphatic heterocycles. The third-order valence-electron chi connectivity index (χ3n) is 12.5. The maximum absolute atomic E-state index is 12.4. The Morgan fingerprint density at radius 2 is 0.607 bits per heavy atom. The lowest BCUT2D eigenvalue weighted by Gasteiger charge is -2.26. The zero-order valence-electron chi connectivity index (χ0n) is 38.3. The van der Waals surface area contributed by atoms with Gasteiger partial charge in [0, 0.05) is 6.42 Å². The van der Waals surface area contributed by atoms with E-state index in [1.54, 1.807) is 0 Å². The lowest BCUT2D eigenvalue weighted by atomic mass is 9.99. The van der Waals surface area contributed by atoms with Crippen molar-refractivity contribution in [3.8, 4) is 0 Å². The van der Waals surface area contributed by atoms with Crippen LogP contribution < -0.4 is 5.32 Å². The largest absolute Gasteiger partial charge is 0.394 e. The van der Waals surface area contributed by atoms with E-state index in [1.165, 1.54) is 231 Å². The fraction of sp³-hybridized carbons (Fsp3) is 0.980.